The van der Waals surface area contributed by atoms with Crippen molar-refractivity contribution in [2.75, 3.05) is 40.3 Å². The Morgan fingerprint density at radius 3 is 2.52 bits per heavy atom. The van der Waals surface area contributed by atoms with Gasteiger partial charge in [-0.05, 0) is 48.0 Å². The lowest BCUT2D eigenvalue weighted by Crippen LogP contribution is -2.46. The van der Waals surface area contributed by atoms with Gasteiger partial charge in [-0.25, -0.2) is 0 Å². The highest BCUT2D eigenvalue weighted by molar-refractivity contribution is 6.01. The quantitative estimate of drug-likeness (QED) is 0.397. The molecule has 5 nitrogen and oxygen atoms in total. The highest BCUT2D eigenvalue weighted by Crippen LogP contribution is 2.38. The standard InChI is InChI=1S/C28H28N2O3/c1-19(14-28(31)30-12-10-29(2)11-13-30)23-16-24-25(18-33-27(24)17-26(23)32-3)22-9-8-20-6-4-5-7-21(20)15-22/h4-9,14-18H,10-13H2,1-3H3/b19-14+. The number of piperazine rings is 1. The van der Waals surface area contributed by atoms with Crippen molar-refractivity contribution in [1.29, 1.82) is 0 Å². The average molecular weight is 441 g/mol. The fourth-order valence-electron chi connectivity index (χ4n) is 4.49. The molecular formula is C28H28N2O3. The largest absolute Gasteiger partial charge is 0.496 e. The van der Waals surface area contributed by atoms with E-state index in [4.69, 9.17) is 9.15 Å². The Kier molecular flexibility index (Phi) is 5.65. The summed E-state index contributed by atoms with van der Waals surface area (Å²) in [7, 11) is 3.73. The van der Waals surface area contributed by atoms with Crippen LogP contribution in [0.25, 0.3) is 38.4 Å². The SMILES string of the molecule is COc1cc2occ(-c3ccc4ccccc4c3)c2cc1/C(C)=C/C(=O)N1CCN(C)CC1. The number of benzene rings is 3. The number of methoxy groups -OCH3 is 1. The van der Waals surface area contributed by atoms with Gasteiger partial charge >= 0.3 is 0 Å². The van der Waals surface area contributed by atoms with Gasteiger partial charge in [-0.2, -0.15) is 0 Å². The fraction of sp³-hybridized carbons (Fsp3) is 0.250. The zero-order chi connectivity index (χ0) is 22.9. The van der Waals surface area contributed by atoms with Crippen LogP contribution in [0.5, 0.6) is 5.75 Å². The summed E-state index contributed by atoms with van der Waals surface area (Å²) >= 11 is 0. The summed E-state index contributed by atoms with van der Waals surface area (Å²) in [5.74, 6) is 0.742. The Morgan fingerprint density at radius 1 is 1.00 bits per heavy atom. The van der Waals surface area contributed by atoms with E-state index in [9.17, 15) is 4.79 Å². The lowest BCUT2D eigenvalue weighted by atomic mass is 9.97. The third-order valence-corrected chi connectivity index (χ3v) is 6.54. The van der Waals surface area contributed by atoms with E-state index in [-0.39, 0.29) is 5.91 Å². The molecule has 1 aliphatic heterocycles. The zero-order valence-electron chi connectivity index (χ0n) is 19.3. The predicted octanol–water partition coefficient (Wildman–Crippen LogP) is 5.44. The van der Waals surface area contributed by atoms with Crippen LogP contribution < -0.4 is 4.74 Å². The van der Waals surface area contributed by atoms with E-state index in [0.717, 1.165) is 59.4 Å². The van der Waals surface area contributed by atoms with Crippen molar-refractivity contribution in [3.05, 3.63) is 72.5 Å². The molecule has 1 aromatic heterocycles. The number of carbonyl (C=O) groups is 1. The molecule has 1 amide bonds. The third kappa shape index (κ3) is 4.12. The zero-order valence-corrected chi connectivity index (χ0v) is 19.3. The van der Waals surface area contributed by atoms with Crippen molar-refractivity contribution < 1.29 is 13.9 Å². The highest BCUT2D eigenvalue weighted by atomic mass is 16.5. The minimum atomic E-state index is 0.0460. The summed E-state index contributed by atoms with van der Waals surface area (Å²) in [6.45, 7) is 5.27. The maximum Gasteiger partial charge on any atom is 0.246 e. The molecule has 5 rings (SSSR count). The van der Waals surface area contributed by atoms with Gasteiger partial charge in [-0.1, -0.05) is 36.4 Å². The van der Waals surface area contributed by atoms with E-state index in [0.29, 0.717) is 5.75 Å². The van der Waals surface area contributed by atoms with Crippen LogP contribution in [0.3, 0.4) is 0 Å². The Hall–Kier alpha value is -3.57. The highest BCUT2D eigenvalue weighted by Gasteiger charge is 2.19. The number of carbonyl (C=O) groups excluding carboxylic acids is 1. The van der Waals surface area contributed by atoms with Gasteiger partial charge in [-0.15, -0.1) is 0 Å². The van der Waals surface area contributed by atoms with Gasteiger partial charge in [-0.3, -0.25) is 4.79 Å². The van der Waals surface area contributed by atoms with Crippen LogP contribution in [0.1, 0.15) is 12.5 Å². The molecule has 0 unspecified atom stereocenters. The number of ether oxygens (including phenoxy) is 1. The number of rotatable bonds is 4. The van der Waals surface area contributed by atoms with Gasteiger partial charge < -0.3 is 19.0 Å². The Morgan fingerprint density at radius 2 is 1.76 bits per heavy atom. The first-order valence-corrected chi connectivity index (χ1v) is 11.3. The fourth-order valence-corrected chi connectivity index (χ4v) is 4.49. The van der Waals surface area contributed by atoms with Crippen LogP contribution in [0.2, 0.25) is 0 Å². The maximum absolute atomic E-state index is 12.9. The molecule has 2 heterocycles. The minimum Gasteiger partial charge on any atom is -0.496 e. The Bertz CT molecular complexity index is 1360. The van der Waals surface area contributed by atoms with Crippen LogP contribution in [-0.4, -0.2) is 56.0 Å². The number of hydrogen-bond acceptors (Lipinski definition) is 4. The molecule has 0 aliphatic carbocycles. The van der Waals surface area contributed by atoms with E-state index in [1.807, 2.05) is 30.0 Å². The Balaban J connectivity index is 1.54. The van der Waals surface area contributed by atoms with Gasteiger partial charge in [0.05, 0.1) is 13.4 Å². The molecule has 4 aromatic rings. The lowest BCUT2D eigenvalue weighted by molar-refractivity contribution is -0.127. The van der Waals surface area contributed by atoms with E-state index < -0.39 is 0 Å². The molecule has 1 fully saturated rings. The number of likely N-dealkylation sites (N-methyl/N-ethyl adjacent to an activating group) is 1. The molecule has 168 valence electrons. The van der Waals surface area contributed by atoms with Crippen molar-refractivity contribution >= 4 is 33.2 Å². The predicted molar refractivity (Wildman–Crippen MR) is 133 cm³/mol. The van der Waals surface area contributed by atoms with Crippen LogP contribution in [0, 0.1) is 0 Å². The van der Waals surface area contributed by atoms with E-state index in [1.54, 1.807) is 19.4 Å². The number of furan rings is 1. The summed E-state index contributed by atoms with van der Waals surface area (Å²) in [5.41, 5.74) is 4.66. The summed E-state index contributed by atoms with van der Waals surface area (Å²) in [4.78, 5) is 17.0. The molecule has 1 saturated heterocycles. The number of fused-ring (bicyclic) bond motifs is 2. The van der Waals surface area contributed by atoms with Crippen molar-refractivity contribution in [1.82, 2.24) is 9.80 Å². The maximum atomic E-state index is 12.9. The second-order valence-corrected chi connectivity index (χ2v) is 8.72. The van der Waals surface area contributed by atoms with Crippen LogP contribution in [0.15, 0.2) is 71.4 Å². The molecule has 0 saturated carbocycles. The van der Waals surface area contributed by atoms with E-state index in [1.165, 1.54) is 10.8 Å². The van der Waals surface area contributed by atoms with E-state index >= 15 is 0 Å². The van der Waals surface area contributed by atoms with Crippen LogP contribution >= 0.6 is 0 Å². The van der Waals surface area contributed by atoms with Gasteiger partial charge in [0.25, 0.3) is 0 Å². The molecule has 3 aromatic carbocycles. The van der Waals surface area contributed by atoms with Crippen molar-refractivity contribution in [2.45, 2.75) is 6.92 Å². The number of amides is 1. The summed E-state index contributed by atoms with van der Waals surface area (Å²) in [6.07, 6.45) is 3.53. The molecule has 0 atom stereocenters. The second-order valence-electron chi connectivity index (χ2n) is 8.72. The molecular weight excluding hydrogens is 412 g/mol. The molecule has 5 heteroatoms. The van der Waals surface area contributed by atoms with Gasteiger partial charge in [0.15, 0.2) is 0 Å². The van der Waals surface area contributed by atoms with Crippen molar-refractivity contribution in [3.8, 4) is 16.9 Å². The molecule has 0 spiro atoms. The monoisotopic (exact) mass is 440 g/mol. The topological polar surface area (TPSA) is 45.9 Å². The van der Waals surface area contributed by atoms with Crippen molar-refractivity contribution in [2.24, 2.45) is 0 Å². The Labute approximate surface area is 193 Å². The van der Waals surface area contributed by atoms with Gasteiger partial charge in [0, 0.05) is 54.8 Å². The first kappa shape index (κ1) is 21.3. The molecule has 1 aliphatic rings. The van der Waals surface area contributed by atoms with Gasteiger partial charge in [0.2, 0.25) is 5.91 Å². The van der Waals surface area contributed by atoms with E-state index in [2.05, 4.69) is 48.3 Å². The first-order chi connectivity index (χ1) is 16.0. The minimum absolute atomic E-state index is 0.0460. The average Bonchev–Trinajstić information content (AvgIpc) is 3.26. The third-order valence-electron chi connectivity index (χ3n) is 6.54. The van der Waals surface area contributed by atoms with Crippen LogP contribution in [0.4, 0.5) is 0 Å². The normalized spacial score (nSPS) is 15.4. The number of hydrogen-bond donors (Lipinski definition) is 0. The molecule has 0 N–H and O–H groups in total. The summed E-state index contributed by atoms with van der Waals surface area (Å²) in [6, 6.07) is 18.7. The first-order valence-electron chi connectivity index (χ1n) is 11.3. The van der Waals surface area contributed by atoms with Crippen molar-refractivity contribution in [3.63, 3.8) is 0 Å². The summed E-state index contributed by atoms with van der Waals surface area (Å²) < 4.78 is 11.6. The smallest absolute Gasteiger partial charge is 0.246 e. The molecule has 0 radical (unpaired) electrons. The lowest BCUT2D eigenvalue weighted by Gasteiger charge is -2.31. The van der Waals surface area contributed by atoms with Crippen LogP contribution in [-0.2, 0) is 4.79 Å². The number of nitrogens with zero attached hydrogens (tertiary/aromatic N) is 2. The summed E-state index contributed by atoms with van der Waals surface area (Å²) in [5, 5.41) is 3.39. The molecule has 0 bridgehead atoms. The number of allylic oxidation sites excluding steroid dienone is 1. The molecule has 33 heavy (non-hydrogen) atoms. The van der Waals surface area contributed by atoms with Gasteiger partial charge in [0.1, 0.15) is 11.3 Å². The second kappa shape index (κ2) is 8.75.